The first-order chi connectivity index (χ1) is 15.6. The molecule has 4 rings (SSSR count). The van der Waals surface area contributed by atoms with Crippen molar-refractivity contribution in [1.29, 1.82) is 0 Å². The molecule has 1 aliphatic rings. The van der Waals surface area contributed by atoms with Crippen molar-refractivity contribution in [3.05, 3.63) is 48.3 Å². The first kappa shape index (κ1) is 22.3. The van der Waals surface area contributed by atoms with Gasteiger partial charge < -0.3 is 9.47 Å². The number of rotatable bonds is 8. The molecule has 3 aromatic rings. The van der Waals surface area contributed by atoms with E-state index < -0.39 is 0 Å². The van der Waals surface area contributed by atoms with Crippen molar-refractivity contribution in [2.45, 2.75) is 43.8 Å². The van der Waals surface area contributed by atoms with Crippen LogP contribution in [-0.4, -0.2) is 45.5 Å². The molecule has 7 nitrogen and oxygen atoms in total. The van der Waals surface area contributed by atoms with E-state index >= 15 is 0 Å². The summed E-state index contributed by atoms with van der Waals surface area (Å²) in [6, 6.07) is 9.46. The second-order valence-corrected chi connectivity index (χ2v) is 8.97. The van der Waals surface area contributed by atoms with Gasteiger partial charge in [-0.05, 0) is 43.0 Å². The third-order valence-corrected chi connectivity index (χ3v) is 6.97. The van der Waals surface area contributed by atoms with Crippen molar-refractivity contribution in [3.63, 3.8) is 0 Å². The van der Waals surface area contributed by atoms with Crippen molar-refractivity contribution in [2.75, 3.05) is 20.0 Å². The number of hydrogen-bond acceptors (Lipinski definition) is 7. The molecule has 2 atom stereocenters. The minimum atomic E-state index is -0.0244. The first-order valence-electron chi connectivity index (χ1n) is 10.9. The number of aromatic nitrogens is 4. The lowest BCUT2D eigenvalue weighted by molar-refractivity contribution is 0.101. The van der Waals surface area contributed by atoms with E-state index in [0.29, 0.717) is 29.0 Å². The molecule has 168 valence electrons. The maximum Gasteiger partial charge on any atom is 0.192 e. The molecule has 2 heterocycles. The van der Waals surface area contributed by atoms with Gasteiger partial charge in [0.25, 0.3) is 0 Å². The zero-order valence-electron chi connectivity index (χ0n) is 18.7. The van der Waals surface area contributed by atoms with Crippen LogP contribution in [0.5, 0.6) is 11.5 Å². The lowest BCUT2D eigenvalue weighted by atomic mass is 9.85. The highest BCUT2D eigenvalue weighted by atomic mass is 32.2. The minimum absolute atomic E-state index is 0.0244. The summed E-state index contributed by atoms with van der Waals surface area (Å²) in [7, 11) is 3.14. The normalized spacial score (nSPS) is 18.3. The van der Waals surface area contributed by atoms with Gasteiger partial charge in [-0.2, -0.15) is 0 Å². The van der Waals surface area contributed by atoms with Crippen LogP contribution in [0.15, 0.2) is 47.9 Å². The summed E-state index contributed by atoms with van der Waals surface area (Å²) in [5, 5.41) is 9.75. The van der Waals surface area contributed by atoms with Crippen molar-refractivity contribution in [2.24, 2.45) is 5.92 Å². The van der Waals surface area contributed by atoms with Crippen molar-refractivity contribution in [1.82, 2.24) is 19.7 Å². The number of pyridine rings is 1. The molecule has 8 heteroatoms. The van der Waals surface area contributed by atoms with E-state index in [1.165, 1.54) is 31.0 Å². The van der Waals surface area contributed by atoms with Gasteiger partial charge in [0.05, 0.1) is 25.5 Å². The quantitative estimate of drug-likeness (QED) is 0.348. The van der Waals surface area contributed by atoms with Crippen LogP contribution in [0.25, 0.3) is 11.4 Å². The van der Waals surface area contributed by atoms with Gasteiger partial charge in [-0.25, -0.2) is 0 Å². The Bertz CT molecular complexity index is 1070. The number of Topliss-reactive ketones (excluding diaryl/α,β-unsaturated/α-hetero) is 1. The molecule has 0 unspecified atom stereocenters. The lowest BCUT2D eigenvalue weighted by Gasteiger charge is -2.31. The van der Waals surface area contributed by atoms with Crippen LogP contribution in [0.1, 0.15) is 49.0 Å². The number of ketones is 1. The SMILES string of the molecule is COc1ccc(C(=O)CSc2nnc(-c3cccnc3)n2[C@H]2CCCC[C@@H]2C)c(OC)c1. The molecule has 2 aromatic heterocycles. The third kappa shape index (κ3) is 4.65. The molecule has 1 saturated carbocycles. The van der Waals surface area contributed by atoms with Crippen LogP contribution < -0.4 is 9.47 Å². The topological polar surface area (TPSA) is 79.1 Å². The second-order valence-electron chi connectivity index (χ2n) is 8.03. The maximum atomic E-state index is 13.0. The summed E-state index contributed by atoms with van der Waals surface area (Å²) < 4.78 is 12.9. The van der Waals surface area contributed by atoms with Gasteiger partial charge >= 0.3 is 0 Å². The van der Waals surface area contributed by atoms with Gasteiger partial charge in [0, 0.05) is 30.1 Å². The van der Waals surface area contributed by atoms with Crippen LogP contribution in [0.4, 0.5) is 0 Å². The van der Waals surface area contributed by atoms with Gasteiger partial charge in [-0.1, -0.05) is 31.5 Å². The molecular weight excluding hydrogens is 424 g/mol. The highest BCUT2D eigenvalue weighted by molar-refractivity contribution is 7.99. The Balaban J connectivity index is 1.61. The Morgan fingerprint density at radius 1 is 1.16 bits per heavy atom. The van der Waals surface area contributed by atoms with Crippen molar-refractivity contribution in [3.8, 4) is 22.9 Å². The summed E-state index contributed by atoms with van der Waals surface area (Å²) in [6.07, 6.45) is 8.27. The molecule has 0 saturated heterocycles. The largest absolute Gasteiger partial charge is 0.497 e. The van der Waals surface area contributed by atoms with Crippen LogP contribution >= 0.6 is 11.8 Å². The van der Waals surface area contributed by atoms with Crippen molar-refractivity contribution < 1.29 is 14.3 Å². The molecule has 0 N–H and O–H groups in total. The molecule has 32 heavy (non-hydrogen) atoms. The van der Waals surface area contributed by atoms with Crippen LogP contribution in [0, 0.1) is 5.92 Å². The lowest BCUT2D eigenvalue weighted by Crippen LogP contribution is -2.22. The number of carbonyl (C=O) groups excluding carboxylic acids is 1. The van der Waals surface area contributed by atoms with Crippen LogP contribution in [0.3, 0.4) is 0 Å². The van der Waals surface area contributed by atoms with E-state index in [9.17, 15) is 4.79 Å². The molecule has 0 amide bonds. The fraction of sp³-hybridized carbons (Fsp3) is 0.417. The predicted octanol–water partition coefficient (Wildman–Crippen LogP) is 5.08. The Morgan fingerprint density at radius 2 is 2.00 bits per heavy atom. The van der Waals surface area contributed by atoms with E-state index in [1.807, 2.05) is 18.3 Å². The third-order valence-electron chi connectivity index (χ3n) is 6.02. The fourth-order valence-electron chi connectivity index (χ4n) is 4.28. The van der Waals surface area contributed by atoms with E-state index in [2.05, 4.69) is 26.7 Å². The van der Waals surface area contributed by atoms with Gasteiger partial charge in [0.1, 0.15) is 11.5 Å². The average molecular weight is 453 g/mol. The summed E-state index contributed by atoms with van der Waals surface area (Å²) in [5.41, 5.74) is 1.47. The summed E-state index contributed by atoms with van der Waals surface area (Å²) in [4.78, 5) is 17.3. The molecule has 0 bridgehead atoms. The fourth-order valence-corrected chi connectivity index (χ4v) is 5.16. The first-order valence-corrected chi connectivity index (χ1v) is 11.8. The molecule has 0 aliphatic heterocycles. The molecule has 1 aliphatic carbocycles. The highest BCUT2D eigenvalue weighted by Gasteiger charge is 2.29. The van der Waals surface area contributed by atoms with Crippen LogP contribution in [-0.2, 0) is 0 Å². The monoisotopic (exact) mass is 452 g/mol. The molecule has 0 spiro atoms. The van der Waals surface area contributed by atoms with E-state index in [1.54, 1.807) is 38.6 Å². The number of hydrogen-bond donors (Lipinski definition) is 0. The highest BCUT2D eigenvalue weighted by Crippen LogP contribution is 2.39. The van der Waals surface area contributed by atoms with Gasteiger partial charge in [0.15, 0.2) is 16.8 Å². The Kier molecular flexibility index (Phi) is 7.09. The predicted molar refractivity (Wildman–Crippen MR) is 125 cm³/mol. The van der Waals surface area contributed by atoms with Crippen LogP contribution in [0.2, 0.25) is 0 Å². The van der Waals surface area contributed by atoms with Gasteiger partial charge in [-0.3, -0.25) is 14.3 Å². The Morgan fingerprint density at radius 3 is 2.72 bits per heavy atom. The number of benzene rings is 1. The standard InChI is InChI=1S/C24H28N4O3S/c1-16-7-4-5-9-20(16)28-23(17-8-6-12-25-14-17)26-27-24(28)32-15-21(29)19-11-10-18(30-2)13-22(19)31-3/h6,8,10-14,16,20H,4-5,7,9,15H2,1-3H3/t16-,20-/m0/s1. The zero-order valence-corrected chi connectivity index (χ0v) is 19.5. The van der Waals surface area contributed by atoms with E-state index in [4.69, 9.17) is 9.47 Å². The number of methoxy groups -OCH3 is 2. The molecule has 1 fully saturated rings. The second kappa shape index (κ2) is 10.2. The zero-order chi connectivity index (χ0) is 22.5. The van der Waals surface area contributed by atoms with E-state index in [0.717, 1.165) is 23.0 Å². The molecule has 1 aromatic carbocycles. The minimum Gasteiger partial charge on any atom is -0.497 e. The molecule has 0 radical (unpaired) electrons. The molecular formula is C24H28N4O3S. The summed E-state index contributed by atoms with van der Waals surface area (Å²) in [6.45, 7) is 2.29. The average Bonchev–Trinajstić information content (AvgIpc) is 3.26. The Hall–Kier alpha value is -2.87. The van der Waals surface area contributed by atoms with Crippen molar-refractivity contribution >= 4 is 17.5 Å². The smallest absolute Gasteiger partial charge is 0.192 e. The number of thioether (sulfide) groups is 1. The number of nitrogens with zero attached hydrogens (tertiary/aromatic N) is 4. The van der Waals surface area contributed by atoms with Gasteiger partial charge in [0.2, 0.25) is 0 Å². The maximum absolute atomic E-state index is 13.0. The summed E-state index contributed by atoms with van der Waals surface area (Å²) in [5.74, 6) is 2.71. The Labute approximate surface area is 192 Å². The number of carbonyl (C=O) groups is 1. The summed E-state index contributed by atoms with van der Waals surface area (Å²) >= 11 is 1.42. The van der Waals surface area contributed by atoms with E-state index in [-0.39, 0.29) is 11.5 Å². The van der Waals surface area contributed by atoms with Gasteiger partial charge in [-0.15, -0.1) is 10.2 Å². The number of ether oxygens (including phenoxy) is 2.